The number of nitriles is 1. The van der Waals surface area contributed by atoms with Gasteiger partial charge >= 0.3 is 6.01 Å². The third-order valence-electron chi connectivity index (χ3n) is 6.89. The first-order chi connectivity index (χ1) is 16.5. The van der Waals surface area contributed by atoms with Gasteiger partial charge in [0.25, 0.3) is 0 Å². The van der Waals surface area contributed by atoms with E-state index in [2.05, 4.69) is 71.2 Å². The number of hydrogen-bond donors (Lipinski definition) is 1. The molecule has 0 spiro atoms. The molecule has 2 aromatic carbocycles. The summed E-state index contributed by atoms with van der Waals surface area (Å²) >= 11 is 0. The molecule has 1 aromatic heterocycles. The fourth-order valence-electron chi connectivity index (χ4n) is 4.87. The van der Waals surface area contributed by atoms with Gasteiger partial charge in [-0.25, -0.2) is 0 Å². The largest absolute Gasteiger partial charge is 0.460 e. The molecule has 7 nitrogen and oxygen atoms in total. The SMILES string of the molecule is COCCOc1n[nH]c(-c2cc(C(C)N3CCC(c4ccc(C#N)cc4)CC3)c(C)cc2C)n1. The van der Waals surface area contributed by atoms with E-state index in [9.17, 15) is 0 Å². The van der Waals surface area contributed by atoms with Crippen molar-refractivity contribution in [1.82, 2.24) is 20.1 Å². The monoisotopic (exact) mass is 459 g/mol. The Hall–Kier alpha value is -3.21. The highest BCUT2D eigenvalue weighted by atomic mass is 16.5. The summed E-state index contributed by atoms with van der Waals surface area (Å²) in [6, 6.07) is 15.4. The minimum Gasteiger partial charge on any atom is -0.460 e. The van der Waals surface area contributed by atoms with E-state index < -0.39 is 0 Å². The van der Waals surface area contributed by atoms with E-state index in [0.29, 0.717) is 31.2 Å². The highest BCUT2D eigenvalue weighted by Gasteiger charge is 2.26. The van der Waals surface area contributed by atoms with Gasteiger partial charge in [0.15, 0.2) is 5.82 Å². The molecule has 0 amide bonds. The van der Waals surface area contributed by atoms with Gasteiger partial charge in [-0.1, -0.05) is 18.2 Å². The smallest absolute Gasteiger partial charge is 0.335 e. The summed E-state index contributed by atoms with van der Waals surface area (Å²) in [5.41, 5.74) is 6.88. The van der Waals surface area contributed by atoms with Crippen molar-refractivity contribution in [1.29, 1.82) is 5.26 Å². The molecule has 3 aromatic rings. The van der Waals surface area contributed by atoms with Crippen molar-refractivity contribution >= 4 is 0 Å². The maximum absolute atomic E-state index is 9.04. The van der Waals surface area contributed by atoms with Crippen LogP contribution in [0.2, 0.25) is 0 Å². The Kier molecular flexibility index (Phi) is 7.61. The van der Waals surface area contributed by atoms with Crippen LogP contribution in [0.15, 0.2) is 36.4 Å². The quantitative estimate of drug-likeness (QED) is 0.481. The number of rotatable bonds is 8. The molecule has 1 fully saturated rings. The zero-order chi connectivity index (χ0) is 24.1. The predicted octanol–water partition coefficient (Wildman–Crippen LogP) is 4.93. The third kappa shape index (κ3) is 5.30. The number of likely N-dealkylation sites (tertiary alicyclic amines) is 1. The topological polar surface area (TPSA) is 87.1 Å². The van der Waals surface area contributed by atoms with E-state index >= 15 is 0 Å². The number of H-pyrrole nitrogens is 1. The van der Waals surface area contributed by atoms with Gasteiger partial charge in [-0.15, -0.1) is 5.10 Å². The van der Waals surface area contributed by atoms with Crippen molar-refractivity contribution in [3.05, 3.63) is 64.2 Å². The van der Waals surface area contributed by atoms with Crippen LogP contribution < -0.4 is 4.74 Å². The molecular weight excluding hydrogens is 426 g/mol. The number of methoxy groups -OCH3 is 1. The Morgan fingerprint density at radius 1 is 1.12 bits per heavy atom. The number of nitrogens with one attached hydrogen (secondary N) is 1. The van der Waals surface area contributed by atoms with Crippen LogP contribution >= 0.6 is 0 Å². The van der Waals surface area contributed by atoms with Crippen molar-refractivity contribution < 1.29 is 9.47 Å². The van der Waals surface area contributed by atoms with Crippen molar-refractivity contribution in [3.63, 3.8) is 0 Å². The number of piperidine rings is 1. The standard InChI is InChI=1S/C27H33N5O2/c1-18-15-19(2)25(26-29-27(31-30-26)34-14-13-33-4)16-24(18)20(3)32-11-9-23(10-12-32)22-7-5-21(17-28)6-8-22/h5-8,15-16,20,23H,9-14H2,1-4H3,(H,29,30,31). The Bertz CT molecular complexity index is 1140. The first-order valence-electron chi connectivity index (χ1n) is 11.9. The molecule has 1 unspecified atom stereocenters. The third-order valence-corrected chi connectivity index (χ3v) is 6.89. The average molecular weight is 460 g/mol. The molecule has 0 saturated carbocycles. The lowest BCUT2D eigenvalue weighted by atomic mass is 9.87. The van der Waals surface area contributed by atoms with Gasteiger partial charge in [0.1, 0.15) is 6.61 Å². The molecule has 1 saturated heterocycles. The first kappa shape index (κ1) is 23.9. The van der Waals surface area contributed by atoms with E-state index in [0.717, 1.165) is 48.4 Å². The van der Waals surface area contributed by atoms with Gasteiger partial charge in [-0.3, -0.25) is 10.00 Å². The van der Waals surface area contributed by atoms with Crippen LogP contribution in [0.25, 0.3) is 11.4 Å². The summed E-state index contributed by atoms with van der Waals surface area (Å²) in [4.78, 5) is 7.10. The molecule has 0 aliphatic carbocycles. The van der Waals surface area contributed by atoms with Crippen molar-refractivity contribution in [3.8, 4) is 23.5 Å². The Labute approximate surface area is 201 Å². The number of aromatic nitrogens is 3. The van der Waals surface area contributed by atoms with Gasteiger partial charge in [-0.05, 0) is 93.1 Å². The molecule has 0 radical (unpaired) electrons. The van der Waals surface area contributed by atoms with Crippen molar-refractivity contribution in [2.45, 2.75) is 45.6 Å². The molecule has 178 valence electrons. The number of benzene rings is 2. The minimum atomic E-state index is 0.307. The molecule has 7 heteroatoms. The van der Waals surface area contributed by atoms with Gasteiger partial charge in [0, 0.05) is 18.7 Å². The Balaban J connectivity index is 1.46. The molecule has 4 rings (SSSR count). The summed E-state index contributed by atoms with van der Waals surface area (Å²) in [7, 11) is 1.64. The lowest BCUT2D eigenvalue weighted by Gasteiger charge is -2.37. The molecule has 1 aliphatic heterocycles. The highest BCUT2D eigenvalue weighted by molar-refractivity contribution is 5.62. The zero-order valence-electron chi connectivity index (χ0n) is 20.5. The summed E-state index contributed by atoms with van der Waals surface area (Å²) in [5.74, 6) is 1.27. The van der Waals surface area contributed by atoms with Crippen LogP contribution in [-0.4, -0.2) is 53.5 Å². The highest BCUT2D eigenvalue weighted by Crippen LogP contribution is 2.35. The van der Waals surface area contributed by atoms with E-state index in [1.54, 1.807) is 7.11 Å². The number of ether oxygens (including phenoxy) is 2. The van der Waals surface area contributed by atoms with Gasteiger partial charge < -0.3 is 9.47 Å². The maximum atomic E-state index is 9.04. The predicted molar refractivity (Wildman–Crippen MR) is 132 cm³/mol. The second-order valence-electron chi connectivity index (χ2n) is 9.05. The molecule has 2 heterocycles. The molecule has 1 atom stereocenters. The van der Waals surface area contributed by atoms with Gasteiger partial charge in [0.2, 0.25) is 0 Å². The molecule has 0 bridgehead atoms. The zero-order valence-corrected chi connectivity index (χ0v) is 20.5. The number of hydrogen-bond acceptors (Lipinski definition) is 6. The second-order valence-corrected chi connectivity index (χ2v) is 9.05. The van der Waals surface area contributed by atoms with Crippen LogP contribution in [0.4, 0.5) is 0 Å². The van der Waals surface area contributed by atoms with E-state index in [4.69, 9.17) is 14.7 Å². The van der Waals surface area contributed by atoms with Gasteiger partial charge in [-0.2, -0.15) is 10.2 Å². The van der Waals surface area contributed by atoms with E-state index in [1.807, 2.05) is 12.1 Å². The normalized spacial score (nSPS) is 15.7. The lowest BCUT2D eigenvalue weighted by molar-refractivity contribution is 0.141. The van der Waals surface area contributed by atoms with Crippen molar-refractivity contribution in [2.24, 2.45) is 0 Å². The lowest BCUT2D eigenvalue weighted by Crippen LogP contribution is -2.35. The summed E-state index contributed by atoms with van der Waals surface area (Å²) in [6.45, 7) is 9.60. The molecule has 1 N–H and O–H groups in total. The van der Waals surface area contributed by atoms with Crippen LogP contribution in [-0.2, 0) is 4.74 Å². The van der Waals surface area contributed by atoms with Crippen LogP contribution in [0, 0.1) is 25.2 Å². The fourth-order valence-corrected chi connectivity index (χ4v) is 4.87. The Morgan fingerprint density at radius 2 is 1.85 bits per heavy atom. The van der Waals surface area contributed by atoms with Crippen LogP contribution in [0.1, 0.15) is 59.5 Å². The Morgan fingerprint density at radius 3 is 2.53 bits per heavy atom. The van der Waals surface area contributed by atoms with Crippen LogP contribution in [0.5, 0.6) is 6.01 Å². The fraction of sp³-hybridized carbons (Fsp3) is 0.444. The number of nitrogens with zero attached hydrogens (tertiary/aromatic N) is 4. The van der Waals surface area contributed by atoms with Crippen molar-refractivity contribution in [2.75, 3.05) is 33.4 Å². The second kappa shape index (κ2) is 10.8. The summed E-state index contributed by atoms with van der Waals surface area (Å²) < 4.78 is 10.6. The summed E-state index contributed by atoms with van der Waals surface area (Å²) in [6.07, 6.45) is 2.25. The van der Waals surface area contributed by atoms with Gasteiger partial charge in [0.05, 0.1) is 18.2 Å². The molecule has 1 aliphatic rings. The number of aromatic amines is 1. The van der Waals surface area contributed by atoms with Crippen LogP contribution in [0.3, 0.4) is 0 Å². The number of aryl methyl sites for hydroxylation is 2. The van der Waals surface area contributed by atoms with E-state index in [1.165, 1.54) is 16.7 Å². The summed E-state index contributed by atoms with van der Waals surface area (Å²) in [5, 5.41) is 16.3. The molecule has 34 heavy (non-hydrogen) atoms. The maximum Gasteiger partial charge on any atom is 0.335 e. The van der Waals surface area contributed by atoms with E-state index in [-0.39, 0.29) is 0 Å². The average Bonchev–Trinajstić information content (AvgIpc) is 3.33. The molecular formula is C27H33N5O2. The minimum absolute atomic E-state index is 0.307. The first-order valence-corrected chi connectivity index (χ1v) is 11.9.